The molecule has 0 saturated heterocycles. The summed E-state index contributed by atoms with van der Waals surface area (Å²) in [5, 5.41) is 22.1. The minimum atomic E-state index is 0.223. The fraction of sp³-hybridized carbons (Fsp3) is 0.0714. The van der Waals surface area contributed by atoms with Gasteiger partial charge in [-0.3, -0.25) is 0 Å². The molecule has 5 heteroatoms. The van der Waals surface area contributed by atoms with Crippen molar-refractivity contribution in [2.24, 2.45) is 0 Å². The topological polar surface area (TPSA) is 56.0 Å². The third-order valence-corrected chi connectivity index (χ3v) is 3.41. The van der Waals surface area contributed by atoms with Crippen molar-refractivity contribution >= 4 is 33.2 Å². The fourth-order valence-corrected chi connectivity index (χ4v) is 2.27. The Balaban J connectivity index is 2.15. The van der Waals surface area contributed by atoms with Crippen LogP contribution in [0.15, 0.2) is 40.9 Å². The van der Waals surface area contributed by atoms with Gasteiger partial charge in [0.05, 0.1) is 22.3 Å². The van der Waals surface area contributed by atoms with Crippen molar-refractivity contribution in [2.45, 2.75) is 6.54 Å². The molecule has 0 atom stereocenters. The molecular weight excluding hydrogens is 328 g/mol. The molecule has 0 aromatic heterocycles. The molecule has 2 N–H and O–H groups in total. The van der Waals surface area contributed by atoms with E-state index in [9.17, 15) is 5.11 Å². The Labute approximate surface area is 124 Å². The second-order valence-corrected chi connectivity index (χ2v) is 5.26. The number of nitrogens with one attached hydrogen (secondary N) is 1. The van der Waals surface area contributed by atoms with Crippen LogP contribution in [0.4, 0.5) is 5.69 Å². The van der Waals surface area contributed by atoms with E-state index in [0.29, 0.717) is 17.1 Å². The molecule has 0 aliphatic carbocycles. The van der Waals surface area contributed by atoms with Gasteiger partial charge in [-0.2, -0.15) is 5.26 Å². The van der Waals surface area contributed by atoms with Crippen molar-refractivity contribution < 1.29 is 5.11 Å². The van der Waals surface area contributed by atoms with Crippen LogP contribution in [-0.4, -0.2) is 5.11 Å². The number of nitrogens with zero attached hydrogens (tertiary/aromatic N) is 1. The number of benzene rings is 2. The van der Waals surface area contributed by atoms with Crippen molar-refractivity contribution in [1.29, 1.82) is 5.26 Å². The second kappa shape index (κ2) is 5.96. The molecule has 0 bridgehead atoms. The molecule has 0 heterocycles. The van der Waals surface area contributed by atoms with Gasteiger partial charge < -0.3 is 10.4 Å². The number of phenols is 1. The summed E-state index contributed by atoms with van der Waals surface area (Å²) in [5.74, 6) is 0.223. The largest absolute Gasteiger partial charge is 0.508 e. The third-order valence-electron chi connectivity index (χ3n) is 2.61. The van der Waals surface area contributed by atoms with E-state index < -0.39 is 0 Å². The molecule has 3 nitrogen and oxygen atoms in total. The standard InChI is InChI=1S/C14H10BrClN2O/c15-11-2-4-14(19)10(6-11)8-18-13-3-1-9(7-17)5-12(13)16/h1-6,18-19H,8H2. The summed E-state index contributed by atoms with van der Waals surface area (Å²) in [6.45, 7) is 0.441. The zero-order valence-electron chi connectivity index (χ0n) is 9.82. The van der Waals surface area contributed by atoms with Gasteiger partial charge in [0.15, 0.2) is 0 Å². The fourth-order valence-electron chi connectivity index (χ4n) is 1.61. The number of rotatable bonds is 3. The molecule has 0 aliphatic rings. The summed E-state index contributed by atoms with van der Waals surface area (Å²) < 4.78 is 0.896. The van der Waals surface area contributed by atoms with Gasteiger partial charge in [-0.15, -0.1) is 0 Å². The van der Waals surface area contributed by atoms with Crippen molar-refractivity contribution in [3.8, 4) is 11.8 Å². The average molecular weight is 338 g/mol. The molecule has 0 aliphatic heterocycles. The first kappa shape index (κ1) is 13.7. The lowest BCUT2D eigenvalue weighted by atomic mass is 10.2. The van der Waals surface area contributed by atoms with Crippen LogP contribution >= 0.6 is 27.5 Å². The SMILES string of the molecule is N#Cc1ccc(NCc2cc(Br)ccc2O)c(Cl)c1. The van der Waals surface area contributed by atoms with E-state index in [1.807, 2.05) is 12.1 Å². The Hall–Kier alpha value is -1.70. The first-order valence-electron chi connectivity index (χ1n) is 5.51. The lowest BCUT2D eigenvalue weighted by Gasteiger charge is -2.10. The smallest absolute Gasteiger partial charge is 0.120 e. The minimum Gasteiger partial charge on any atom is -0.508 e. The minimum absolute atomic E-state index is 0.223. The Bertz CT molecular complexity index is 652. The summed E-state index contributed by atoms with van der Waals surface area (Å²) in [6.07, 6.45) is 0. The number of nitriles is 1. The quantitative estimate of drug-likeness (QED) is 0.878. The highest BCUT2D eigenvalue weighted by molar-refractivity contribution is 9.10. The number of aromatic hydroxyl groups is 1. The third kappa shape index (κ3) is 3.40. The second-order valence-electron chi connectivity index (χ2n) is 3.93. The number of anilines is 1. The van der Waals surface area contributed by atoms with Crippen LogP contribution in [0.2, 0.25) is 5.02 Å². The molecule has 2 aromatic rings. The summed E-state index contributed by atoms with van der Waals surface area (Å²) >= 11 is 9.41. The number of hydrogen-bond acceptors (Lipinski definition) is 3. The predicted molar refractivity (Wildman–Crippen MR) is 79.3 cm³/mol. The molecule has 0 unspecified atom stereocenters. The van der Waals surface area contributed by atoms with Crippen LogP contribution < -0.4 is 5.32 Å². The predicted octanol–water partition coefficient (Wildman–Crippen LogP) is 4.29. The molecular formula is C14H10BrClN2O. The monoisotopic (exact) mass is 336 g/mol. The van der Waals surface area contributed by atoms with E-state index in [-0.39, 0.29) is 5.75 Å². The molecule has 2 rings (SSSR count). The van der Waals surface area contributed by atoms with Crippen LogP contribution in [0, 0.1) is 11.3 Å². The van der Waals surface area contributed by atoms with E-state index in [0.717, 1.165) is 15.7 Å². The molecule has 0 spiro atoms. The first-order chi connectivity index (χ1) is 9.10. The Kier molecular flexibility index (Phi) is 4.31. The maximum absolute atomic E-state index is 9.73. The van der Waals surface area contributed by atoms with Crippen molar-refractivity contribution in [1.82, 2.24) is 0 Å². The molecule has 0 amide bonds. The first-order valence-corrected chi connectivity index (χ1v) is 6.68. The zero-order chi connectivity index (χ0) is 13.8. The van der Waals surface area contributed by atoms with E-state index in [4.69, 9.17) is 16.9 Å². The lowest BCUT2D eigenvalue weighted by molar-refractivity contribution is 0.469. The van der Waals surface area contributed by atoms with Crippen molar-refractivity contribution in [3.63, 3.8) is 0 Å². The summed E-state index contributed by atoms with van der Waals surface area (Å²) in [7, 11) is 0. The van der Waals surface area contributed by atoms with Gasteiger partial charge in [-0.25, -0.2) is 0 Å². The van der Waals surface area contributed by atoms with Crippen molar-refractivity contribution in [2.75, 3.05) is 5.32 Å². The highest BCUT2D eigenvalue weighted by Gasteiger charge is 2.05. The maximum atomic E-state index is 9.73. The van der Waals surface area contributed by atoms with Crippen LogP contribution in [0.5, 0.6) is 5.75 Å². The Morgan fingerprint density at radius 2 is 2.05 bits per heavy atom. The van der Waals surface area contributed by atoms with E-state index in [1.165, 1.54) is 0 Å². The Morgan fingerprint density at radius 3 is 2.74 bits per heavy atom. The van der Waals surface area contributed by atoms with Gasteiger partial charge in [0.1, 0.15) is 5.75 Å². The van der Waals surface area contributed by atoms with Gasteiger partial charge in [-0.05, 0) is 36.4 Å². The van der Waals surface area contributed by atoms with Gasteiger partial charge in [0, 0.05) is 16.6 Å². The van der Waals surface area contributed by atoms with Crippen LogP contribution in [-0.2, 0) is 6.54 Å². The highest BCUT2D eigenvalue weighted by Crippen LogP contribution is 2.26. The van der Waals surface area contributed by atoms with E-state index >= 15 is 0 Å². The molecule has 2 aromatic carbocycles. The lowest BCUT2D eigenvalue weighted by Crippen LogP contribution is -2.00. The maximum Gasteiger partial charge on any atom is 0.120 e. The van der Waals surface area contributed by atoms with Crippen molar-refractivity contribution in [3.05, 3.63) is 57.0 Å². The highest BCUT2D eigenvalue weighted by atomic mass is 79.9. The van der Waals surface area contributed by atoms with Gasteiger partial charge in [0.2, 0.25) is 0 Å². The normalized spacial score (nSPS) is 9.95. The van der Waals surface area contributed by atoms with Gasteiger partial charge in [0.25, 0.3) is 0 Å². The number of halogens is 2. The summed E-state index contributed by atoms with van der Waals surface area (Å²) in [5.41, 5.74) is 2.00. The average Bonchev–Trinajstić information content (AvgIpc) is 2.40. The zero-order valence-corrected chi connectivity index (χ0v) is 12.2. The summed E-state index contributed by atoms with van der Waals surface area (Å²) in [4.78, 5) is 0. The van der Waals surface area contributed by atoms with Crippen LogP contribution in [0.1, 0.15) is 11.1 Å². The molecule has 0 saturated carbocycles. The van der Waals surface area contributed by atoms with Crippen LogP contribution in [0.3, 0.4) is 0 Å². The Morgan fingerprint density at radius 1 is 1.26 bits per heavy atom. The van der Waals surface area contributed by atoms with Gasteiger partial charge in [-0.1, -0.05) is 27.5 Å². The van der Waals surface area contributed by atoms with E-state index in [1.54, 1.807) is 30.3 Å². The van der Waals surface area contributed by atoms with Gasteiger partial charge >= 0.3 is 0 Å². The molecule has 19 heavy (non-hydrogen) atoms. The molecule has 0 radical (unpaired) electrons. The van der Waals surface area contributed by atoms with E-state index in [2.05, 4.69) is 21.2 Å². The molecule has 96 valence electrons. The summed E-state index contributed by atoms with van der Waals surface area (Å²) in [6, 6.07) is 12.3. The number of phenolic OH excluding ortho intramolecular Hbond substituents is 1. The van der Waals surface area contributed by atoms with Crippen LogP contribution in [0.25, 0.3) is 0 Å². The number of hydrogen-bond donors (Lipinski definition) is 2. The molecule has 0 fully saturated rings.